The molecule has 0 saturated carbocycles. The molecule has 1 aromatic carbocycles. The van der Waals surface area contributed by atoms with Crippen molar-refractivity contribution in [2.75, 3.05) is 5.73 Å². The molecule has 1 heterocycles. The van der Waals surface area contributed by atoms with Crippen molar-refractivity contribution in [2.45, 2.75) is 13.5 Å². The first-order chi connectivity index (χ1) is 8.99. The smallest absolute Gasteiger partial charge is 0.251 e. The number of aryl methyl sites for hydroxylation is 1. The van der Waals surface area contributed by atoms with Gasteiger partial charge in [0.05, 0.1) is 6.54 Å². The van der Waals surface area contributed by atoms with Crippen LogP contribution in [0.3, 0.4) is 0 Å². The summed E-state index contributed by atoms with van der Waals surface area (Å²) >= 11 is 1.51. The molecule has 0 bridgehead atoms. The van der Waals surface area contributed by atoms with Gasteiger partial charge in [-0.1, -0.05) is 0 Å². The fourth-order valence-corrected chi connectivity index (χ4v) is 2.41. The Kier molecular flexibility index (Phi) is 3.80. The molecule has 1 amide bonds. The van der Waals surface area contributed by atoms with E-state index in [1.165, 1.54) is 11.3 Å². The Hall–Kier alpha value is -1.95. The number of nitrogens with one attached hydrogen (secondary N) is 1. The Labute approximate surface area is 113 Å². The molecule has 0 saturated heterocycles. The molecule has 0 radical (unpaired) electrons. The molecule has 3 nitrogen and oxygen atoms in total. The summed E-state index contributed by atoms with van der Waals surface area (Å²) in [5.41, 5.74) is 5.55. The molecular weight excluding hydrogens is 270 g/mol. The van der Waals surface area contributed by atoms with Gasteiger partial charge in [0, 0.05) is 10.4 Å². The lowest BCUT2D eigenvalue weighted by atomic mass is 10.1. The first-order valence-corrected chi connectivity index (χ1v) is 6.42. The van der Waals surface area contributed by atoms with Crippen molar-refractivity contribution in [1.82, 2.24) is 5.32 Å². The maximum absolute atomic E-state index is 13.2. The van der Waals surface area contributed by atoms with E-state index < -0.39 is 23.2 Å². The number of carbonyl (C=O) groups excluding carboxylic acids is 1. The topological polar surface area (TPSA) is 55.1 Å². The van der Waals surface area contributed by atoms with Crippen molar-refractivity contribution >= 4 is 22.9 Å². The van der Waals surface area contributed by atoms with E-state index in [0.717, 1.165) is 22.6 Å². The second-order valence-corrected chi connectivity index (χ2v) is 5.06. The highest BCUT2D eigenvalue weighted by molar-refractivity contribution is 7.10. The van der Waals surface area contributed by atoms with Gasteiger partial charge in [-0.2, -0.15) is 0 Å². The summed E-state index contributed by atoms with van der Waals surface area (Å²) in [5.74, 6) is -2.40. The number of hydrogen-bond acceptors (Lipinski definition) is 3. The van der Waals surface area contributed by atoms with E-state index in [-0.39, 0.29) is 5.56 Å². The van der Waals surface area contributed by atoms with Crippen molar-refractivity contribution in [3.63, 3.8) is 0 Å². The number of hydrogen-bond donors (Lipinski definition) is 2. The van der Waals surface area contributed by atoms with Gasteiger partial charge in [0.15, 0.2) is 0 Å². The zero-order chi connectivity index (χ0) is 14.0. The predicted octanol–water partition coefficient (Wildman–Crippen LogP) is 2.85. The van der Waals surface area contributed by atoms with Crippen LogP contribution in [-0.4, -0.2) is 5.91 Å². The summed E-state index contributed by atoms with van der Waals surface area (Å²) < 4.78 is 26.5. The standard InChI is InChI=1S/C13H12F2N2OS/c1-7-2-3-19-11(7)6-17-13(18)8-4-9(14)12(16)10(15)5-8/h2-5H,6,16H2,1H3,(H,17,18). The monoisotopic (exact) mass is 282 g/mol. The van der Waals surface area contributed by atoms with Crippen LogP contribution >= 0.6 is 11.3 Å². The fraction of sp³-hybridized carbons (Fsp3) is 0.154. The van der Waals surface area contributed by atoms with Crippen LogP contribution in [-0.2, 0) is 6.54 Å². The molecule has 6 heteroatoms. The van der Waals surface area contributed by atoms with Crippen LogP contribution in [0.4, 0.5) is 14.5 Å². The van der Waals surface area contributed by atoms with E-state index in [0.29, 0.717) is 6.54 Å². The molecule has 0 fully saturated rings. The average Bonchev–Trinajstić information content (AvgIpc) is 2.78. The number of rotatable bonds is 3. The lowest BCUT2D eigenvalue weighted by molar-refractivity contribution is 0.0950. The second kappa shape index (κ2) is 5.36. The Bertz CT molecular complexity index is 602. The average molecular weight is 282 g/mol. The second-order valence-electron chi connectivity index (χ2n) is 4.06. The Balaban J connectivity index is 2.10. The summed E-state index contributed by atoms with van der Waals surface area (Å²) in [4.78, 5) is 12.8. The molecule has 3 N–H and O–H groups in total. The third kappa shape index (κ3) is 2.90. The number of thiophene rings is 1. The van der Waals surface area contributed by atoms with Crippen LogP contribution in [0.1, 0.15) is 20.8 Å². The minimum absolute atomic E-state index is 0.0848. The minimum atomic E-state index is -0.933. The van der Waals surface area contributed by atoms with Crippen molar-refractivity contribution in [3.05, 3.63) is 51.2 Å². The van der Waals surface area contributed by atoms with E-state index in [2.05, 4.69) is 5.32 Å². The van der Waals surface area contributed by atoms with Crippen LogP contribution in [0, 0.1) is 18.6 Å². The molecule has 19 heavy (non-hydrogen) atoms. The number of carbonyl (C=O) groups is 1. The summed E-state index contributed by atoms with van der Waals surface area (Å²) in [5, 5.41) is 4.53. The molecule has 0 aliphatic rings. The number of amides is 1. The van der Waals surface area contributed by atoms with Gasteiger partial charge in [0.1, 0.15) is 17.3 Å². The summed E-state index contributed by atoms with van der Waals surface area (Å²) in [6, 6.07) is 3.79. The Morgan fingerprint density at radius 2 is 2.00 bits per heavy atom. The molecule has 0 aliphatic heterocycles. The predicted molar refractivity (Wildman–Crippen MR) is 71.0 cm³/mol. The third-order valence-corrected chi connectivity index (χ3v) is 3.74. The first-order valence-electron chi connectivity index (χ1n) is 5.54. The lowest BCUT2D eigenvalue weighted by Gasteiger charge is -2.06. The number of benzene rings is 1. The van der Waals surface area contributed by atoms with E-state index in [9.17, 15) is 13.6 Å². The van der Waals surface area contributed by atoms with E-state index in [4.69, 9.17) is 5.73 Å². The zero-order valence-corrected chi connectivity index (χ0v) is 11.0. The molecule has 0 unspecified atom stereocenters. The van der Waals surface area contributed by atoms with Crippen LogP contribution in [0.5, 0.6) is 0 Å². The van der Waals surface area contributed by atoms with Gasteiger partial charge in [0.25, 0.3) is 5.91 Å². The molecular formula is C13H12F2N2OS. The SMILES string of the molecule is Cc1ccsc1CNC(=O)c1cc(F)c(N)c(F)c1. The zero-order valence-electron chi connectivity index (χ0n) is 10.2. The molecule has 2 rings (SSSR count). The molecule has 0 spiro atoms. The van der Waals surface area contributed by atoms with Gasteiger partial charge in [-0.15, -0.1) is 11.3 Å². The van der Waals surface area contributed by atoms with Crippen molar-refractivity contribution in [1.29, 1.82) is 0 Å². The lowest BCUT2D eigenvalue weighted by Crippen LogP contribution is -2.23. The van der Waals surface area contributed by atoms with Gasteiger partial charge in [-0.25, -0.2) is 8.78 Å². The quantitative estimate of drug-likeness (QED) is 0.850. The molecule has 0 aliphatic carbocycles. The van der Waals surface area contributed by atoms with Crippen LogP contribution in [0.2, 0.25) is 0 Å². The highest BCUT2D eigenvalue weighted by Gasteiger charge is 2.13. The Morgan fingerprint density at radius 1 is 1.37 bits per heavy atom. The largest absolute Gasteiger partial charge is 0.394 e. The van der Waals surface area contributed by atoms with Gasteiger partial charge in [-0.3, -0.25) is 4.79 Å². The van der Waals surface area contributed by atoms with Crippen molar-refractivity contribution in [2.24, 2.45) is 0 Å². The third-order valence-electron chi connectivity index (χ3n) is 2.72. The normalized spacial score (nSPS) is 10.5. The minimum Gasteiger partial charge on any atom is -0.394 e. The molecule has 2 aromatic rings. The molecule has 1 aromatic heterocycles. The highest BCUT2D eigenvalue weighted by atomic mass is 32.1. The van der Waals surface area contributed by atoms with Crippen LogP contribution in [0.25, 0.3) is 0 Å². The van der Waals surface area contributed by atoms with Gasteiger partial charge in [-0.05, 0) is 36.1 Å². The first kappa shape index (κ1) is 13.5. The molecule has 100 valence electrons. The van der Waals surface area contributed by atoms with Gasteiger partial charge in [0.2, 0.25) is 0 Å². The van der Waals surface area contributed by atoms with E-state index in [1.54, 1.807) is 0 Å². The van der Waals surface area contributed by atoms with Crippen LogP contribution < -0.4 is 11.1 Å². The summed E-state index contributed by atoms with van der Waals surface area (Å²) in [7, 11) is 0. The van der Waals surface area contributed by atoms with Crippen LogP contribution in [0.15, 0.2) is 23.6 Å². The summed E-state index contributed by atoms with van der Waals surface area (Å²) in [6.45, 7) is 2.26. The number of nitrogens with two attached hydrogens (primary N) is 1. The number of halogens is 2. The van der Waals surface area contributed by atoms with E-state index >= 15 is 0 Å². The number of nitrogen functional groups attached to an aromatic ring is 1. The Morgan fingerprint density at radius 3 is 2.53 bits per heavy atom. The van der Waals surface area contributed by atoms with Gasteiger partial charge < -0.3 is 11.1 Å². The maximum Gasteiger partial charge on any atom is 0.251 e. The molecule has 0 atom stereocenters. The summed E-state index contributed by atoms with van der Waals surface area (Å²) in [6.07, 6.45) is 0. The van der Waals surface area contributed by atoms with Gasteiger partial charge >= 0.3 is 0 Å². The van der Waals surface area contributed by atoms with Crippen molar-refractivity contribution < 1.29 is 13.6 Å². The number of anilines is 1. The maximum atomic E-state index is 13.2. The highest BCUT2D eigenvalue weighted by Crippen LogP contribution is 2.18. The van der Waals surface area contributed by atoms with E-state index in [1.807, 2.05) is 18.4 Å². The van der Waals surface area contributed by atoms with Crippen molar-refractivity contribution in [3.8, 4) is 0 Å². The fourth-order valence-electron chi connectivity index (χ4n) is 1.56.